The first kappa shape index (κ1) is 22.9. The molecule has 33 heavy (non-hydrogen) atoms. The number of furan rings is 1. The summed E-state index contributed by atoms with van der Waals surface area (Å²) in [4.78, 5) is 29.1. The van der Waals surface area contributed by atoms with Crippen LogP contribution in [0.4, 0.5) is 0 Å². The number of hydrogen-bond donors (Lipinski definition) is 1. The zero-order chi connectivity index (χ0) is 23.6. The van der Waals surface area contributed by atoms with Gasteiger partial charge in [0, 0.05) is 13.1 Å². The summed E-state index contributed by atoms with van der Waals surface area (Å²) in [5.41, 5.74) is 1.50. The Hall–Kier alpha value is -3.28. The molecular weight excluding hydrogens is 414 g/mol. The second-order valence-electron chi connectivity index (χ2n) is 9.61. The minimum Gasteiger partial charge on any atom is -0.463 e. The molecule has 0 aliphatic carbocycles. The number of carbonyl (C=O) groups is 2. The fourth-order valence-corrected chi connectivity index (χ4v) is 4.52. The Morgan fingerprint density at radius 3 is 2.45 bits per heavy atom. The Balaban J connectivity index is 1.69. The molecule has 3 heterocycles. The van der Waals surface area contributed by atoms with Gasteiger partial charge in [-0.15, -0.1) is 0 Å². The van der Waals surface area contributed by atoms with Gasteiger partial charge in [0.1, 0.15) is 17.0 Å². The lowest BCUT2D eigenvalue weighted by Crippen LogP contribution is -2.64. The monoisotopic (exact) mass is 447 g/mol. The number of aromatic nitrogens is 1. The van der Waals surface area contributed by atoms with Crippen LogP contribution in [0.3, 0.4) is 0 Å². The van der Waals surface area contributed by atoms with E-state index in [1.54, 1.807) is 11.2 Å². The van der Waals surface area contributed by atoms with E-state index in [1.165, 1.54) is 0 Å². The lowest BCUT2D eigenvalue weighted by molar-refractivity contribution is -0.133. The molecule has 2 aromatic heterocycles. The minimum absolute atomic E-state index is 0.0870. The van der Waals surface area contributed by atoms with Crippen molar-refractivity contribution in [3.8, 4) is 11.5 Å². The summed E-state index contributed by atoms with van der Waals surface area (Å²) >= 11 is 0. The highest BCUT2D eigenvalue weighted by Crippen LogP contribution is 2.34. The highest BCUT2D eigenvalue weighted by atomic mass is 16.3. The number of hydrogen-bond acceptors (Lipinski definition) is 3. The van der Waals surface area contributed by atoms with E-state index in [-0.39, 0.29) is 17.7 Å². The second kappa shape index (κ2) is 9.30. The number of carbonyl (C=O) groups excluding carboxylic acids is 2. The first-order valence-electron chi connectivity index (χ1n) is 11.7. The van der Waals surface area contributed by atoms with Crippen molar-refractivity contribution in [1.82, 2.24) is 14.8 Å². The Kier molecular flexibility index (Phi) is 6.45. The van der Waals surface area contributed by atoms with E-state index in [4.69, 9.17) is 4.42 Å². The number of benzene rings is 1. The quantitative estimate of drug-likeness (QED) is 0.532. The van der Waals surface area contributed by atoms with Gasteiger partial charge >= 0.3 is 0 Å². The summed E-state index contributed by atoms with van der Waals surface area (Å²) in [5.74, 6) is 0.999. The number of amides is 2. The highest BCUT2D eigenvalue weighted by Gasteiger charge is 2.48. The van der Waals surface area contributed by atoms with Crippen LogP contribution in [0, 0.1) is 5.92 Å². The predicted molar refractivity (Wildman–Crippen MR) is 129 cm³/mol. The van der Waals surface area contributed by atoms with Gasteiger partial charge in [0.25, 0.3) is 5.91 Å². The van der Waals surface area contributed by atoms with Crippen LogP contribution in [-0.4, -0.2) is 39.9 Å². The zero-order valence-electron chi connectivity index (χ0n) is 19.9. The lowest BCUT2D eigenvalue weighted by atomic mass is 9.91. The molecule has 1 aromatic carbocycles. The van der Waals surface area contributed by atoms with Gasteiger partial charge < -0.3 is 19.2 Å². The van der Waals surface area contributed by atoms with Gasteiger partial charge in [0.15, 0.2) is 0 Å². The molecule has 2 unspecified atom stereocenters. The first-order valence-corrected chi connectivity index (χ1v) is 11.7. The molecule has 6 nitrogen and oxygen atoms in total. The third-order valence-corrected chi connectivity index (χ3v) is 6.60. The SMILES string of the molecule is CC(C)CCNC(=O)C1(C)Cn2c(ccc2-c2ccco2)C(=O)N1CC(C)c1ccccc1. The second-order valence-corrected chi connectivity index (χ2v) is 9.61. The van der Waals surface area contributed by atoms with Crippen molar-refractivity contribution in [2.24, 2.45) is 5.92 Å². The van der Waals surface area contributed by atoms with Crippen LogP contribution in [0.5, 0.6) is 0 Å². The molecule has 3 aromatic rings. The van der Waals surface area contributed by atoms with Crippen molar-refractivity contribution < 1.29 is 14.0 Å². The van der Waals surface area contributed by atoms with Crippen molar-refractivity contribution in [2.45, 2.75) is 52.1 Å². The fraction of sp³-hybridized carbons (Fsp3) is 0.407. The van der Waals surface area contributed by atoms with Crippen LogP contribution < -0.4 is 5.32 Å². The molecular formula is C27H33N3O3. The van der Waals surface area contributed by atoms with Gasteiger partial charge in [-0.25, -0.2) is 0 Å². The highest BCUT2D eigenvalue weighted by molar-refractivity contribution is 6.00. The summed E-state index contributed by atoms with van der Waals surface area (Å²) in [5, 5.41) is 3.10. The molecule has 0 spiro atoms. The van der Waals surface area contributed by atoms with Crippen molar-refractivity contribution >= 4 is 11.8 Å². The normalized spacial score (nSPS) is 18.9. The van der Waals surface area contributed by atoms with Crippen LogP contribution in [0.15, 0.2) is 65.3 Å². The van der Waals surface area contributed by atoms with E-state index >= 15 is 0 Å². The van der Waals surface area contributed by atoms with Crippen molar-refractivity contribution in [3.63, 3.8) is 0 Å². The Morgan fingerprint density at radius 2 is 1.79 bits per heavy atom. The molecule has 0 saturated heterocycles. The van der Waals surface area contributed by atoms with Gasteiger partial charge in [0.2, 0.25) is 5.91 Å². The maximum Gasteiger partial charge on any atom is 0.271 e. The zero-order valence-corrected chi connectivity index (χ0v) is 19.9. The number of nitrogens with one attached hydrogen (secondary N) is 1. The molecule has 6 heteroatoms. The number of fused-ring (bicyclic) bond motifs is 1. The Labute approximate surface area is 195 Å². The maximum atomic E-state index is 13.8. The largest absolute Gasteiger partial charge is 0.463 e. The lowest BCUT2D eigenvalue weighted by Gasteiger charge is -2.45. The van der Waals surface area contributed by atoms with Gasteiger partial charge in [0.05, 0.1) is 18.5 Å². The van der Waals surface area contributed by atoms with Crippen molar-refractivity contribution in [2.75, 3.05) is 13.1 Å². The van der Waals surface area contributed by atoms with Gasteiger partial charge in [-0.2, -0.15) is 0 Å². The molecule has 174 valence electrons. The summed E-state index contributed by atoms with van der Waals surface area (Å²) in [6.07, 6.45) is 2.51. The molecule has 0 fully saturated rings. The summed E-state index contributed by atoms with van der Waals surface area (Å²) in [6.45, 7) is 9.65. The van der Waals surface area contributed by atoms with Crippen LogP contribution in [0.2, 0.25) is 0 Å². The molecule has 1 N–H and O–H groups in total. The van der Waals surface area contributed by atoms with E-state index in [0.29, 0.717) is 37.0 Å². The average molecular weight is 448 g/mol. The number of nitrogens with zero attached hydrogens (tertiary/aromatic N) is 2. The summed E-state index contributed by atoms with van der Waals surface area (Å²) in [7, 11) is 0. The fourth-order valence-electron chi connectivity index (χ4n) is 4.52. The maximum absolute atomic E-state index is 13.8. The van der Waals surface area contributed by atoms with E-state index in [2.05, 4.69) is 38.2 Å². The molecule has 4 rings (SSSR count). The van der Waals surface area contributed by atoms with Gasteiger partial charge in [-0.05, 0) is 55.0 Å². The third-order valence-electron chi connectivity index (χ3n) is 6.60. The van der Waals surface area contributed by atoms with E-state index in [9.17, 15) is 9.59 Å². The summed E-state index contributed by atoms with van der Waals surface area (Å²) < 4.78 is 7.53. The van der Waals surface area contributed by atoms with E-state index in [0.717, 1.165) is 17.7 Å². The van der Waals surface area contributed by atoms with Crippen LogP contribution in [0.1, 0.15) is 56.1 Å². The topological polar surface area (TPSA) is 67.5 Å². The molecule has 2 amide bonds. The van der Waals surface area contributed by atoms with Gasteiger partial charge in [-0.3, -0.25) is 9.59 Å². The van der Waals surface area contributed by atoms with Crippen molar-refractivity contribution in [1.29, 1.82) is 0 Å². The molecule has 0 radical (unpaired) electrons. The van der Waals surface area contributed by atoms with Crippen molar-refractivity contribution in [3.05, 3.63) is 72.1 Å². The molecule has 1 aliphatic heterocycles. The Bertz CT molecular complexity index is 1100. The molecule has 0 bridgehead atoms. The smallest absolute Gasteiger partial charge is 0.271 e. The van der Waals surface area contributed by atoms with Crippen LogP contribution in [-0.2, 0) is 11.3 Å². The minimum atomic E-state index is -1.02. The molecule has 0 saturated carbocycles. The van der Waals surface area contributed by atoms with E-state index in [1.807, 2.05) is 54.0 Å². The molecule has 2 atom stereocenters. The molecule has 1 aliphatic rings. The predicted octanol–water partition coefficient (Wildman–Crippen LogP) is 4.93. The van der Waals surface area contributed by atoms with Crippen LogP contribution >= 0.6 is 0 Å². The Morgan fingerprint density at radius 1 is 1.06 bits per heavy atom. The third kappa shape index (κ3) is 4.47. The van der Waals surface area contributed by atoms with Gasteiger partial charge in [-0.1, -0.05) is 51.1 Å². The first-order chi connectivity index (χ1) is 15.8. The number of rotatable bonds is 8. The summed E-state index contributed by atoms with van der Waals surface area (Å²) in [6, 6.07) is 17.5. The average Bonchev–Trinajstić information content (AvgIpc) is 3.46. The van der Waals surface area contributed by atoms with E-state index < -0.39 is 5.54 Å². The standard InChI is InChI=1S/C27H33N3O3/c1-19(2)14-15-28-26(32)27(4)18-29-22(24-11-8-16-33-24)12-13-23(29)25(31)30(27)17-20(3)21-9-6-5-7-10-21/h5-13,16,19-20H,14-15,17-18H2,1-4H3,(H,28,32). The van der Waals surface area contributed by atoms with Crippen LogP contribution in [0.25, 0.3) is 11.5 Å².